The molecule has 0 amide bonds. The minimum absolute atomic E-state index is 0.0795. The van der Waals surface area contributed by atoms with Gasteiger partial charge in [0, 0.05) is 49.7 Å². The molecule has 0 bridgehead atoms. The van der Waals surface area contributed by atoms with Gasteiger partial charge in [0.05, 0.1) is 5.69 Å². The van der Waals surface area contributed by atoms with Crippen LogP contribution in [0.1, 0.15) is 37.7 Å². The number of pyridine rings is 1. The van der Waals surface area contributed by atoms with Gasteiger partial charge >= 0.3 is 0 Å². The number of benzene rings is 1. The number of hydrogen-bond donors (Lipinski definition) is 2. The Morgan fingerprint density at radius 2 is 1.81 bits per heavy atom. The van der Waals surface area contributed by atoms with Crippen LogP contribution in [-0.4, -0.2) is 33.2 Å². The van der Waals surface area contributed by atoms with Crippen LogP contribution in [0.25, 0.3) is 11.3 Å². The van der Waals surface area contributed by atoms with E-state index < -0.39 is 0 Å². The molecule has 162 valence electrons. The molecule has 1 fully saturated rings. The monoisotopic (exact) mass is 417 g/mol. The normalized spacial score (nSPS) is 15.5. The van der Waals surface area contributed by atoms with Gasteiger partial charge in [-0.3, -0.25) is 14.3 Å². The zero-order valence-corrected chi connectivity index (χ0v) is 18.1. The van der Waals surface area contributed by atoms with Gasteiger partial charge in [0.2, 0.25) is 5.95 Å². The average Bonchev–Trinajstić information content (AvgIpc) is 2.81. The minimum atomic E-state index is -0.0795. The van der Waals surface area contributed by atoms with Crippen molar-refractivity contribution in [2.24, 2.45) is 7.05 Å². The maximum atomic E-state index is 12.5. The Balaban J connectivity index is 1.51. The molecular formula is C25H31N5O. The Labute approximate surface area is 183 Å². The highest BCUT2D eigenvalue weighted by Gasteiger charge is 2.19. The van der Waals surface area contributed by atoms with E-state index in [-0.39, 0.29) is 11.6 Å². The first-order chi connectivity index (χ1) is 15.2. The first-order valence-corrected chi connectivity index (χ1v) is 11.2. The summed E-state index contributed by atoms with van der Waals surface area (Å²) in [6, 6.07) is 16.7. The topological polar surface area (TPSA) is 71.8 Å². The maximum absolute atomic E-state index is 12.5. The van der Waals surface area contributed by atoms with Crippen LogP contribution >= 0.6 is 0 Å². The smallest absolute Gasteiger partial charge is 0.255 e. The molecule has 0 spiro atoms. The van der Waals surface area contributed by atoms with Crippen LogP contribution in [0.3, 0.4) is 0 Å². The molecule has 0 aliphatic heterocycles. The lowest BCUT2D eigenvalue weighted by atomic mass is 9.94. The fraction of sp³-hybridized carbons (Fsp3) is 0.400. The van der Waals surface area contributed by atoms with Crippen molar-refractivity contribution in [1.29, 1.82) is 0 Å². The molecule has 2 aromatic heterocycles. The lowest BCUT2D eigenvalue weighted by Crippen LogP contribution is -2.45. The summed E-state index contributed by atoms with van der Waals surface area (Å²) >= 11 is 0. The van der Waals surface area contributed by atoms with E-state index in [9.17, 15) is 4.79 Å². The Kier molecular flexibility index (Phi) is 7.10. The molecule has 2 heterocycles. The first kappa shape index (κ1) is 21.2. The van der Waals surface area contributed by atoms with E-state index in [1.54, 1.807) is 30.1 Å². The van der Waals surface area contributed by atoms with Gasteiger partial charge in [-0.15, -0.1) is 0 Å². The van der Waals surface area contributed by atoms with Crippen LogP contribution in [0.5, 0.6) is 0 Å². The van der Waals surface area contributed by atoms with Crippen LogP contribution < -0.4 is 16.2 Å². The summed E-state index contributed by atoms with van der Waals surface area (Å²) in [5.74, 6) is 0.586. The summed E-state index contributed by atoms with van der Waals surface area (Å²) < 4.78 is 1.57. The predicted octanol–water partition coefficient (Wildman–Crippen LogP) is 3.79. The van der Waals surface area contributed by atoms with Crippen LogP contribution in [-0.2, 0) is 13.5 Å². The summed E-state index contributed by atoms with van der Waals surface area (Å²) in [5.41, 5.74) is 2.78. The molecule has 4 rings (SSSR count). The fourth-order valence-corrected chi connectivity index (χ4v) is 4.27. The summed E-state index contributed by atoms with van der Waals surface area (Å²) in [5, 5.41) is 7.32. The van der Waals surface area contributed by atoms with E-state index in [1.807, 2.05) is 12.1 Å². The minimum Gasteiger partial charge on any atom is -0.354 e. The maximum Gasteiger partial charge on any atom is 0.255 e. The summed E-state index contributed by atoms with van der Waals surface area (Å²) in [6.45, 7) is 0.700. The Hall–Kier alpha value is -2.99. The molecule has 31 heavy (non-hydrogen) atoms. The van der Waals surface area contributed by atoms with Crippen molar-refractivity contribution in [1.82, 2.24) is 19.9 Å². The molecule has 1 saturated carbocycles. The van der Waals surface area contributed by atoms with Gasteiger partial charge in [-0.1, -0.05) is 49.6 Å². The highest BCUT2D eigenvalue weighted by molar-refractivity contribution is 5.59. The van der Waals surface area contributed by atoms with Crippen LogP contribution in [0.2, 0.25) is 0 Å². The molecule has 3 aromatic rings. The van der Waals surface area contributed by atoms with Gasteiger partial charge in [-0.05, 0) is 37.0 Å². The van der Waals surface area contributed by atoms with Gasteiger partial charge in [0.1, 0.15) is 0 Å². The molecule has 0 unspecified atom stereocenters. The fourth-order valence-electron chi connectivity index (χ4n) is 4.27. The van der Waals surface area contributed by atoms with E-state index in [0.717, 1.165) is 12.0 Å². The SMILES string of the molecule is Cn1c(NC[C@H](Cc2ccccc2)NC2CCCCC2)nc(-c2ccncc2)cc1=O. The van der Waals surface area contributed by atoms with Crippen molar-refractivity contribution >= 4 is 5.95 Å². The number of nitrogens with one attached hydrogen (secondary N) is 2. The second-order valence-electron chi connectivity index (χ2n) is 8.37. The standard InChI is InChI=1S/C25H31N5O/c1-30-24(31)17-23(20-12-14-26-15-13-20)29-25(30)27-18-22(16-19-8-4-2-5-9-19)28-21-10-6-3-7-11-21/h2,4-5,8-9,12-15,17,21-22,28H,3,6-7,10-11,16,18H2,1H3,(H,27,29)/t22-/m0/s1. The van der Waals surface area contributed by atoms with E-state index >= 15 is 0 Å². The molecule has 1 aromatic carbocycles. The zero-order chi connectivity index (χ0) is 21.5. The van der Waals surface area contributed by atoms with E-state index in [1.165, 1.54) is 37.7 Å². The molecule has 1 aliphatic carbocycles. The number of rotatable bonds is 8. The molecule has 6 nitrogen and oxygen atoms in total. The van der Waals surface area contributed by atoms with Gasteiger partial charge in [-0.2, -0.15) is 0 Å². The second-order valence-corrected chi connectivity index (χ2v) is 8.37. The lowest BCUT2D eigenvalue weighted by molar-refractivity contribution is 0.338. The summed E-state index contributed by atoms with van der Waals surface area (Å²) in [6.07, 6.45) is 10.8. The van der Waals surface area contributed by atoms with E-state index in [0.29, 0.717) is 24.2 Å². The third-order valence-electron chi connectivity index (χ3n) is 6.02. The Bertz CT molecular complexity index is 1010. The number of hydrogen-bond acceptors (Lipinski definition) is 5. The molecular weight excluding hydrogens is 386 g/mol. The molecule has 1 aliphatic rings. The first-order valence-electron chi connectivity index (χ1n) is 11.2. The van der Waals surface area contributed by atoms with Crippen molar-refractivity contribution in [3.63, 3.8) is 0 Å². The lowest BCUT2D eigenvalue weighted by Gasteiger charge is -2.29. The van der Waals surface area contributed by atoms with Gasteiger partial charge in [-0.25, -0.2) is 4.98 Å². The molecule has 6 heteroatoms. The zero-order valence-electron chi connectivity index (χ0n) is 18.1. The van der Waals surface area contributed by atoms with Crippen LogP contribution in [0.15, 0.2) is 65.7 Å². The largest absolute Gasteiger partial charge is 0.354 e. The third-order valence-corrected chi connectivity index (χ3v) is 6.02. The number of nitrogens with zero attached hydrogens (tertiary/aromatic N) is 3. The van der Waals surface area contributed by atoms with E-state index in [2.05, 4.69) is 45.9 Å². The van der Waals surface area contributed by atoms with Crippen molar-refractivity contribution in [2.45, 2.75) is 50.6 Å². The number of anilines is 1. The van der Waals surface area contributed by atoms with Crippen molar-refractivity contribution in [3.8, 4) is 11.3 Å². The summed E-state index contributed by atoms with van der Waals surface area (Å²) in [4.78, 5) is 21.3. The van der Waals surface area contributed by atoms with E-state index in [4.69, 9.17) is 4.98 Å². The van der Waals surface area contributed by atoms with Crippen molar-refractivity contribution in [2.75, 3.05) is 11.9 Å². The van der Waals surface area contributed by atoms with Crippen molar-refractivity contribution < 1.29 is 0 Å². The third kappa shape index (κ3) is 5.79. The quantitative estimate of drug-likeness (QED) is 0.584. The van der Waals surface area contributed by atoms with Crippen molar-refractivity contribution in [3.05, 3.63) is 76.8 Å². The molecule has 0 radical (unpaired) electrons. The van der Waals surface area contributed by atoms with Crippen LogP contribution in [0, 0.1) is 0 Å². The average molecular weight is 418 g/mol. The predicted molar refractivity (Wildman–Crippen MR) is 125 cm³/mol. The molecule has 1 atom stereocenters. The van der Waals surface area contributed by atoms with Gasteiger partial charge in [0.25, 0.3) is 5.56 Å². The Morgan fingerprint density at radius 3 is 2.55 bits per heavy atom. The molecule has 0 saturated heterocycles. The summed E-state index contributed by atoms with van der Waals surface area (Å²) in [7, 11) is 1.76. The highest BCUT2D eigenvalue weighted by Crippen LogP contribution is 2.19. The van der Waals surface area contributed by atoms with Gasteiger partial charge < -0.3 is 10.6 Å². The second kappa shape index (κ2) is 10.4. The molecule has 2 N–H and O–H groups in total. The van der Waals surface area contributed by atoms with Crippen LogP contribution in [0.4, 0.5) is 5.95 Å². The number of aromatic nitrogens is 3. The highest BCUT2D eigenvalue weighted by atomic mass is 16.1. The Morgan fingerprint density at radius 1 is 1.06 bits per heavy atom. The van der Waals surface area contributed by atoms with Gasteiger partial charge in [0.15, 0.2) is 0 Å².